The molecule has 4 heterocycles. The van der Waals surface area contributed by atoms with Crippen molar-refractivity contribution in [2.45, 2.75) is 57.7 Å². The maximum Gasteiger partial charge on any atom is 0.490 e. The fourth-order valence-electron chi connectivity index (χ4n) is 3.81. The highest BCUT2D eigenvalue weighted by Gasteiger charge is 2.38. The van der Waals surface area contributed by atoms with E-state index in [9.17, 15) is 26.3 Å². The molecule has 0 radical (unpaired) electrons. The number of halogens is 6. The largest absolute Gasteiger partial charge is 0.490 e. The lowest BCUT2D eigenvalue weighted by Gasteiger charge is -2.26. The molecule has 0 atom stereocenters. The number of alkyl halides is 6. The molecule has 15 heteroatoms. The Kier molecular flexibility index (Phi) is 11.4. The minimum absolute atomic E-state index is 1.07. The first-order valence-corrected chi connectivity index (χ1v) is 12.3. The van der Waals surface area contributed by atoms with Crippen molar-refractivity contribution in [1.29, 1.82) is 0 Å². The molecule has 37 heavy (non-hydrogen) atoms. The Balaban J connectivity index is 0.000000286. The Bertz CT molecular complexity index is 964. The van der Waals surface area contributed by atoms with Gasteiger partial charge in [0.25, 0.3) is 0 Å². The van der Waals surface area contributed by atoms with Crippen molar-refractivity contribution >= 4 is 23.3 Å². The van der Waals surface area contributed by atoms with Gasteiger partial charge in [-0.1, -0.05) is 6.42 Å². The van der Waals surface area contributed by atoms with E-state index in [0.717, 1.165) is 39.1 Å². The Labute approximate surface area is 213 Å². The molecule has 2 aliphatic heterocycles. The molecule has 2 aromatic rings. The molecule has 0 unspecified atom stereocenters. The average molecular weight is 559 g/mol. The van der Waals surface area contributed by atoms with Gasteiger partial charge in [-0.2, -0.15) is 37.7 Å². The van der Waals surface area contributed by atoms with Gasteiger partial charge < -0.3 is 14.8 Å². The van der Waals surface area contributed by atoms with E-state index < -0.39 is 24.3 Å². The molecule has 2 aliphatic rings. The minimum Gasteiger partial charge on any atom is -0.475 e. The van der Waals surface area contributed by atoms with Crippen LogP contribution < -0.4 is 0 Å². The van der Waals surface area contributed by atoms with Gasteiger partial charge in [0.15, 0.2) is 0 Å². The summed E-state index contributed by atoms with van der Waals surface area (Å²) in [6, 6.07) is 2.25. The standard InChI is InChI=1S/C18H26N4S.2C2HF3O2/c1-2-6-20(7-3-1)14-17-12-19-18-4-8-21(9-10-22(17)18)13-16-5-11-23-15-16;2*3-2(4,5)1(6)7/h5,11-12,15H,1-4,6-10,13-14H2;2*(H,6,7). The molecular formula is C22H28F6N4O4S. The van der Waals surface area contributed by atoms with Crippen LogP contribution in [-0.4, -0.2) is 80.0 Å². The van der Waals surface area contributed by atoms with Crippen molar-refractivity contribution in [1.82, 2.24) is 19.4 Å². The Hall–Kier alpha value is -2.65. The van der Waals surface area contributed by atoms with E-state index in [1.165, 1.54) is 49.4 Å². The zero-order valence-corrected chi connectivity index (χ0v) is 20.6. The van der Waals surface area contributed by atoms with Crippen LogP contribution in [0.25, 0.3) is 0 Å². The number of aromatic nitrogens is 2. The van der Waals surface area contributed by atoms with E-state index in [4.69, 9.17) is 24.8 Å². The molecule has 8 nitrogen and oxygen atoms in total. The van der Waals surface area contributed by atoms with Crippen LogP contribution in [0.15, 0.2) is 23.0 Å². The molecule has 0 aliphatic carbocycles. The Morgan fingerprint density at radius 1 is 0.865 bits per heavy atom. The minimum atomic E-state index is -5.08. The predicted molar refractivity (Wildman–Crippen MR) is 122 cm³/mol. The summed E-state index contributed by atoms with van der Waals surface area (Å²) in [6.07, 6.45) is -2.86. The maximum atomic E-state index is 10.6. The van der Waals surface area contributed by atoms with Crippen LogP contribution in [-0.2, 0) is 35.6 Å². The third-order valence-electron chi connectivity index (χ3n) is 5.62. The molecule has 1 saturated heterocycles. The molecule has 0 spiro atoms. The summed E-state index contributed by atoms with van der Waals surface area (Å²) >= 11 is 1.79. The van der Waals surface area contributed by atoms with Gasteiger partial charge in [-0.3, -0.25) is 9.80 Å². The number of nitrogens with zero attached hydrogens (tertiary/aromatic N) is 4. The molecule has 0 aromatic carbocycles. The normalized spacial score (nSPS) is 16.9. The van der Waals surface area contributed by atoms with Crippen LogP contribution >= 0.6 is 11.3 Å². The summed E-state index contributed by atoms with van der Waals surface area (Å²) in [5, 5.41) is 18.7. The molecule has 4 rings (SSSR count). The van der Waals surface area contributed by atoms with Crippen LogP contribution in [0.4, 0.5) is 26.3 Å². The lowest BCUT2D eigenvalue weighted by Crippen LogP contribution is -2.30. The second-order valence-electron chi connectivity index (χ2n) is 8.42. The fraction of sp³-hybridized carbons (Fsp3) is 0.591. The number of aliphatic carboxylic acids is 2. The molecule has 1 fully saturated rings. The number of thiophene rings is 1. The van der Waals surface area contributed by atoms with E-state index in [-0.39, 0.29) is 0 Å². The van der Waals surface area contributed by atoms with Gasteiger partial charge in [0, 0.05) is 45.3 Å². The first kappa shape index (κ1) is 30.6. The molecule has 2 N–H and O–H groups in total. The number of rotatable bonds is 4. The van der Waals surface area contributed by atoms with Crippen molar-refractivity contribution in [2.75, 3.05) is 26.2 Å². The summed E-state index contributed by atoms with van der Waals surface area (Å²) in [7, 11) is 0. The number of likely N-dealkylation sites (tertiary alicyclic amines) is 1. The SMILES string of the molecule is O=C(O)C(F)(F)F.O=C(O)C(F)(F)F.c1cc(CN2CCc3ncc(CN4CCCCC4)n3CC2)cs1. The number of fused-ring (bicyclic) bond motifs is 1. The summed E-state index contributed by atoms with van der Waals surface area (Å²) in [5.74, 6) is -4.23. The van der Waals surface area contributed by atoms with Crippen LogP contribution in [0.1, 0.15) is 36.3 Å². The van der Waals surface area contributed by atoms with Crippen molar-refractivity contribution in [2.24, 2.45) is 0 Å². The molecule has 0 saturated carbocycles. The first-order chi connectivity index (χ1) is 17.3. The van der Waals surface area contributed by atoms with Crippen LogP contribution in [0.5, 0.6) is 0 Å². The van der Waals surface area contributed by atoms with Gasteiger partial charge in [0.2, 0.25) is 0 Å². The monoisotopic (exact) mass is 558 g/mol. The van der Waals surface area contributed by atoms with E-state index >= 15 is 0 Å². The first-order valence-electron chi connectivity index (χ1n) is 11.4. The van der Waals surface area contributed by atoms with Crippen LogP contribution in [0.2, 0.25) is 0 Å². The highest BCUT2D eigenvalue weighted by Crippen LogP contribution is 2.18. The predicted octanol–water partition coefficient (Wildman–Crippen LogP) is 4.26. The van der Waals surface area contributed by atoms with Gasteiger partial charge in [-0.25, -0.2) is 14.6 Å². The number of carbonyl (C=O) groups is 2. The van der Waals surface area contributed by atoms with Crippen LogP contribution in [0.3, 0.4) is 0 Å². The van der Waals surface area contributed by atoms with Crippen LogP contribution in [0, 0.1) is 0 Å². The van der Waals surface area contributed by atoms with E-state index in [1.807, 2.05) is 0 Å². The quantitative estimate of drug-likeness (QED) is 0.542. The van der Waals surface area contributed by atoms with E-state index in [0.29, 0.717) is 0 Å². The highest BCUT2D eigenvalue weighted by molar-refractivity contribution is 7.07. The summed E-state index contributed by atoms with van der Waals surface area (Å²) in [4.78, 5) is 27.7. The van der Waals surface area contributed by atoms with Crippen molar-refractivity contribution < 1.29 is 46.1 Å². The Morgan fingerprint density at radius 3 is 1.95 bits per heavy atom. The topological polar surface area (TPSA) is 98.9 Å². The number of hydrogen-bond donors (Lipinski definition) is 2. The second-order valence-corrected chi connectivity index (χ2v) is 9.20. The van der Waals surface area contributed by atoms with Gasteiger partial charge in [0.05, 0.1) is 5.69 Å². The zero-order valence-electron chi connectivity index (χ0n) is 19.8. The third-order valence-corrected chi connectivity index (χ3v) is 6.35. The molecule has 0 bridgehead atoms. The number of carboxylic acids is 2. The van der Waals surface area contributed by atoms with Gasteiger partial charge >= 0.3 is 24.3 Å². The fourth-order valence-corrected chi connectivity index (χ4v) is 4.47. The lowest BCUT2D eigenvalue weighted by molar-refractivity contribution is -0.193. The van der Waals surface area contributed by atoms with Crippen molar-refractivity contribution in [3.63, 3.8) is 0 Å². The maximum absolute atomic E-state index is 10.6. The lowest BCUT2D eigenvalue weighted by atomic mass is 10.1. The van der Waals surface area contributed by atoms with E-state index in [1.54, 1.807) is 11.3 Å². The van der Waals surface area contributed by atoms with Gasteiger partial charge in [-0.15, -0.1) is 0 Å². The van der Waals surface area contributed by atoms with Gasteiger partial charge in [-0.05, 0) is 48.3 Å². The number of hydrogen-bond acceptors (Lipinski definition) is 6. The third kappa shape index (κ3) is 10.7. The second kappa shape index (κ2) is 13.8. The number of piperidine rings is 1. The smallest absolute Gasteiger partial charge is 0.475 e. The number of carboxylic acid groups (broad SMARTS) is 2. The average Bonchev–Trinajstić information content (AvgIpc) is 3.41. The zero-order chi connectivity index (χ0) is 27.6. The van der Waals surface area contributed by atoms with Gasteiger partial charge in [0.1, 0.15) is 5.82 Å². The molecule has 2 aromatic heterocycles. The van der Waals surface area contributed by atoms with Crippen molar-refractivity contribution in [3.05, 3.63) is 40.1 Å². The summed E-state index contributed by atoms with van der Waals surface area (Å²) < 4.78 is 66.0. The Morgan fingerprint density at radius 2 is 1.43 bits per heavy atom. The number of imidazole rings is 1. The summed E-state index contributed by atoms with van der Waals surface area (Å²) in [5.41, 5.74) is 2.86. The van der Waals surface area contributed by atoms with E-state index in [2.05, 4.69) is 37.4 Å². The summed E-state index contributed by atoms with van der Waals surface area (Å²) in [6.45, 7) is 8.01. The molecule has 208 valence electrons. The molecule has 0 amide bonds. The highest BCUT2D eigenvalue weighted by atomic mass is 32.1. The molecular weight excluding hydrogens is 530 g/mol. The van der Waals surface area contributed by atoms with Crippen molar-refractivity contribution in [3.8, 4) is 0 Å².